The summed E-state index contributed by atoms with van der Waals surface area (Å²) in [7, 11) is 3.51. The first kappa shape index (κ1) is 15.4. The number of carbonyl (C=O) groups is 2. The molecule has 1 aromatic heterocycles. The average molecular weight is 266 g/mol. The van der Waals surface area contributed by atoms with E-state index in [-0.39, 0.29) is 17.8 Å². The molecule has 0 saturated heterocycles. The molecule has 0 aromatic carbocycles. The minimum Gasteiger partial charge on any atom is -0.461 e. The van der Waals surface area contributed by atoms with Crippen LogP contribution >= 0.6 is 0 Å². The number of hydrogen-bond acceptors (Lipinski definition) is 4. The number of hydrogen-bond donors (Lipinski definition) is 1. The van der Waals surface area contributed by atoms with E-state index in [1.54, 1.807) is 39.4 Å². The zero-order chi connectivity index (χ0) is 14.7. The Morgan fingerprint density at radius 3 is 2.42 bits per heavy atom. The molecular weight excluding hydrogens is 244 g/mol. The van der Waals surface area contributed by atoms with Gasteiger partial charge in [0.1, 0.15) is 5.69 Å². The topological polar surface area (TPSA) is 60.3 Å². The van der Waals surface area contributed by atoms with Crippen LogP contribution in [0.4, 0.5) is 0 Å². The molecule has 0 saturated carbocycles. The van der Waals surface area contributed by atoms with Crippen molar-refractivity contribution in [1.29, 1.82) is 0 Å². The van der Waals surface area contributed by atoms with E-state index in [4.69, 9.17) is 4.74 Å². The first-order valence-corrected chi connectivity index (χ1v) is 6.41. The summed E-state index contributed by atoms with van der Waals surface area (Å²) in [5.41, 5.74) is 2.52. The van der Waals surface area contributed by atoms with Crippen LogP contribution in [0.1, 0.15) is 46.0 Å². The number of ketones is 1. The van der Waals surface area contributed by atoms with Gasteiger partial charge in [-0.1, -0.05) is 0 Å². The van der Waals surface area contributed by atoms with Gasteiger partial charge in [0.25, 0.3) is 0 Å². The van der Waals surface area contributed by atoms with Crippen molar-refractivity contribution in [3.05, 3.63) is 22.5 Å². The number of likely N-dealkylation sites (N-methyl/N-ethyl adjacent to an activating group) is 1. The Hall–Kier alpha value is -1.62. The molecule has 0 aliphatic heterocycles. The Kier molecular flexibility index (Phi) is 4.89. The van der Waals surface area contributed by atoms with Crippen LogP contribution in [-0.2, 0) is 11.8 Å². The zero-order valence-corrected chi connectivity index (χ0v) is 12.5. The molecule has 1 atom stereocenters. The summed E-state index contributed by atoms with van der Waals surface area (Å²) >= 11 is 0. The van der Waals surface area contributed by atoms with Gasteiger partial charge in [-0.15, -0.1) is 0 Å². The summed E-state index contributed by atoms with van der Waals surface area (Å²) in [6.07, 6.45) is 0. The summed E-state index contributed by atoms with van der Waals surface area (Å²) in [6, 6.07) is -0.283. The van der Waals surface area contributed by atoms with Gasteiger partial charge in [-0.3, -0.25) is 4.79 Å². The van der Waals surface area contributed by atoms with Gasteiger partial charge in [-0.05, 0) is 40.3 Å². The maximum absolute atomic E-state index is 12.3. The van der Waals surface area contributed by atoms with Crippen molar-refractivity contribution < 1.29 is 14.3 Å². The second kappa shape index (κ2) is 6.02. The number of rotatable bonds is 5. The van der Waals surface area contributed by atoms with Gasteiger partial charge in [0.2, 0.25) is 0 Å². The number of Topliss-reactive ketones (excluding diaryl/α,β-unsaturated/α-hetero) is 1. The molecule has 1 N–H and O–H groups in total. The van der Waals surface area contributed by atoms with E-state index in [0.717, 1.165) is 5.69 Å². The van der Waals surface area contributed by atoms with Gasteiger partial charge in [0, 0.05) is 18.3 Å². The number of nitrogens with one attached hydrogen (secondary N) is 1. The summed E-state index contributed by atoms with van der Waals surface area (Å²) in [6.45, 7) is 7.51. The molecule has 0 aliphatic rings. The molecule has 0 spiro atoms. The van der Waals surface area contributed by atoms with Crippen molar-refractivity contribution in [1.82, 2.24) is 9.88 Å². The lowest BCUT2D eigenvalue weighted by Crippen LogP contribution is -2.31. The Bertz CT molecular complexity index is 503. The third kappa shape index (κ3) is 2.71. The first-order chi connectivity index (χ1) is 8.86. The van der Waals surface area contributed by atoms with E-state index in [1.807, 2.05) is 6.92 Å². The fourth-order valence-corrected chi connectivity index (χ4v) is 2.18. The maximum atomic E-state index is 12.3. The summed E-state index contributed by atoms with van der Waals surface area (Å²) < 4.78 is 6.76. The van der Waals surface area contributed by atoms with Gasteiger partial charge < -0.3 is 14.6 Å². The second-order valence-electron chi connectivity index (χ2n) is 4.59. The van der Waals surface area contributed by atoms with Crippen molar-refractivity contribution >= 4 is 11.8 Å². The Labute approximate surface area is 113 Å². The molecule has 5 nitrogen and oxygen atoms in total. The summed E-state index contributed by atoms with van der Waals surface area (Å²) in [5.74, 6) is -0.398. The number of ether oxygens (including phenoxy) is 1. The molecule has 0 amide bonds. The molecule has 1 heterocycles. The number of esters is 1. The highest BCUT2D eigenvalue weighted by Crippen LogP contribution is 2.23. The maximum Gasteiger partial charge on any atom is 0.355 e. The number of aromatic nitrogens is 1. The highest BCUT2D eigenvalue weighted by molar-refractivity contribution is 6.05. The molecule has 106 valence electrons. The van der Waals surface area contributed by atoms with Gasteiger partial charge in [-0.25, -0.2) is 4.79 Å². The highest BCUT2D eigenvalue weighted by Gasteiger charge is 2.27. The quantitative estimate of drug-likeness (QED) is 0.649. The van der Waals surface area contributed by atoms with Crippen LogP contribution in [0.25, 0.3) is 0 Å². The lowest BCUT2D eigenvalue weighted by Gasteiger charge is -2.09. The van der Waals surface area contributed by atoms with Crippen molar-refractivity contribution in [3.8, 4) is 0 Å². The molecule has 1 unspecified atom stereocenters. The Balaban J connectivity index is 3.33. The minimum absolute atomic E-state index is 0.0105. The largest absolute Gasteiger partial charge is 0.461 e. The summed E-state index contributed by atoms with van der Waals surface area (Å²) in [4.78, 5) is 24.3. The van der Waals surface area contributed by atoms with Crippen LogP contribution in [0, 0.1) is 13.8 Å². The van der Waals surface area contributed by atoms with E-state index < -0.39 is 0 Å². The van der Waals surface area contributed by atoms with Crippen molar-refractivity contribution in [2.75, 3.05) is 13.7 Å². The van der Waals surface area contributed by atoms with Gasteiger partial charge >= 0.3 is 5.97 Å². The van der Waals surface area contributed by atoms with Crippen LogP contribution in [0.5, 0.6) is 0 Å². The highest BCUT2D eigenvalue weighted by atomic mass is 16.5. The van der Waals surface area contributed by atoms with Crippen LogP contribution in [0.3, 0.4) is 0 Å². The van der Waals surface area contributed by atoms with Crippen molar-refractivity contribution in [2.45, 2.75) is 33.7 Å². The van der Waals surface area contributed by atoms with Crippen LogP contribution in [0.15, 0.2) is 0 Å². The standard InChI is InChI=1S/C14H22N2O3/c1-7-19-14(18)12-8(2)11(10(4)16(12)6)13(17)9(3)15-5/h9,15H,7H2,1-6H3. The SMILES string of the molecule is CCOC(=O)c1c(C)c(C(=O)C(C)NC)c(C)n1C. The monoisotopic (exact) mass is 266 g/mol. The average Bonchev–Trinajstić information content (AvgIpc) is 2.59. The van der Waals surface area contributed by atoms with Gasteiger partial charge in [0.15, 0.2) is 5.78 Å². The molecular formula is C14H22N2O3. The first-order valence-electron chi connectivity index (χ1n) is 6.41. The minimum atomic E-state index is -0.387. The molecule has 0 aliphatic carbocycles. The second-order valence-corrected chi connectivity index (χ2v) is 4.59. The third-order valence-electron chi connectivity index (χ3n) is 3.47. The van der Waals surface area contributed by atoms with E-state index in [1.165, 1.54) is 0 Å². The molecule has 0 bridgehead atoms. The fraction of sp³-hybridized carbons (Fsp3) is 0.571. The predicted octanol–water partition coefficient (Wildman–Crippen LogP) is 1.61. The predicted molar refractivity (Wildman–Crippen MR) is 73.7 cm³/mol. The molecule has 1 rings (SSSR count). The zero-order valence-electron chi connectivity index (χ0n) is 12.5. The third-order valence-corrected chi connectivity index (χ3v) is 3.47. The van der Waals surface area contributed by atoms with Crippen molar-refractivity contribution in [3.63, 3.8) is 0 Å². The summed E-state index contributed by atoms with van der Waals surface area (Å²) in [5, 5.41) is 2.93. The van der Waals surface area contributed by atoms with Crippen LogP contribution in [0.2, 0.25) is 0 Å². The lowest BCUT2D eigenvalue weighted by molar-refractivity contribution is 0.0514. The smallest absolute Gasteiger partial charge is 0.355 e. The fourth-order valence-electron chi connectivity index (χ4n) is 2.18. The molecule has 0 fully saturated rings. The number of nitrogens with zero attached hydrogens (tertiary/aromatic N) is 1. The van der Waals surface area contributed by atoms with Gasteiger partial charge in [-0.2, -0.15) is 0 Å². The van der Waals surface area contributed by atoms with E-state index in [9.17, 15) is 9.59 Å². The van der Waals surface area contributed by atoms with Crippen molar-refractivity contribution in [2.24, 2.45) is 7.05 Å². The van der Waals surface area contributed by atoms with E-state index in [0.29, 0.717) is 23.4 Å². The van der Waals surface area contributed by atoms with Crippen LogP contribution < -0.4 is 5.32 Å². The molecule has 5 heteroatoms. The number of carbonyl (C=O) groups excluding carboxylic acids is 2. The van der Waals surface area contributed by atoms with Crippen LogP contribution in [-0.4, -0.2) is 36.0 Å². The lowest BCUT2D eigenvalue weighted by atomic mass is 10.0. The molecule has 1 aromatic rings. The van der Waals surface area contributed by atoms with E-state index in [2.05, 4.69) is 5.32 Å². The van der Waals surface area contributed by atoms with Gasteiger partial charge in [0.05, 0.1) is 12.6 Å². The Morgan fingerprint density at radius 1 is 1.37 bits per heavy atom. The molecule has 19 heavy (non-hydrogen) atoms. The Morgan fingerprint density at radius 2 is 1.95 bits per heavy atom. The normalized spacial score (nSPS) is 12.3. The van der Waals surface area contributed by atoms with E-state index >= 15 is 0 Å². The molecule has 0 radical (unpaired) electrons.